The van der Waals surface area contributed by atoms with Crippen molar-refractivity contribution >= 4 is 28.9 Å². The average Bonchev–Trinajstić information content (AvgIpc) is 2.07. The number of hydrogen-bond acceptors (Lipinski definition) is 3. The molecule has 2 rings (SSSR count). The quantitative estimate of drug-likeness (QED) is 0.772. The molecule has 0 aliphatic carbocycles. The van der Waals surface area contributed by atoms with Crippen LogP contribution in [0, 0.1) is 0 Å². The van der Waals surface area contributed by atoms with Crippen molar-refractivity contribution in [2.24, 2.45) is 0 Å². The Kier molecular flexibility index (Phi) is 2.72. The molecule has 1 heterocycles. The van der Waals surface area contributed by atoms with Crippen LogP contribution in [0.3, 0.4) is 0 Å². The number of aromatic hydroxyl groups is 1. The van der Waals surface area contributed by atoms with Gasteiger partial charge in [-0.1, -0.05) is 23.2 Å². The zero-order valence-electron chi connectivity index (χ0n) is 7.26. The molecular formula is C9H9Cl2NO2. The van der Waals surface area contributed by atoms with Crippen LogP contribution in [-0.4, -0.2) is 24.4 Å². The minimum Gasteiger partial charge on any atom is -0.505 e. The number of halogens is 2. The maximum Gasteiger partial charge on any atom is 0.152 e. The molecule has 2 N–H and O–H groups in total. The summed E-state index contributed by atoms with van der Waals surface area (Å²) in [7, 11) is 0. The molecule has 1 aromatic rings. The molecule has 1 aromatic carbocycles. The molecule has 14 heavy (non-hydrogen) atoms. The van der Waals surface area contributed by atoms with E-state index in [-0.39, 0.29) is 15.8 Å². The van der Waals surface area contributed by atoms with Gasteiger partial charge in [0.15, 0.2) is 5.75 Å². The number of anilines is 1. The first-order valence-corrected chi connectivity index (χ1v) is 4.94. The van der Waals surface area contributed by atoms with Gasteiger partial charge in [0.05, 0.1) is 29.3 Å². The van der Waals surface area contributed by atoms with Gasteiger partial charge >= 0.3 is 0 Å². The SMILES string of the molecule is Oc1c(Cl)cc(NC2COC2)cc1Cl. The number of hydrogen-bond donors (Lipinski definition) is 2. The van der Waals surface area contributed by atoms with E-state index in [0.717, 1.165) is 5.69 Å². The first-order chi connectivity index (χ1) is 6.66. The van der Waals surface area contributed by atoms with Gasteiger partial charge in [0.2, 0.25) is 0 Å². The molecule has 0 radical (unpaired) electrons. The van der Waals surface area contributed by atoms with E-state index in [9.17, 15) is 5.11 Å². The van der Waals surface area contributed by atoms with Crippen molar-refractivity contribution in [1.82, 2.24) is 0 Å². The molecule has 0 atom stereocenters. The van der Waals surface area contributed by atoms with E-state index in [1.54, 1.807) is 12.1 Å². The minimum atomic E-state index is -0.0799. The summed E-state index contributed by atoms with van der Waals surface area (Å²) in [6.07, 6.45) is 0. The molecule has 5 heteroatoms. The van der Waals surface area contributed by atoms with Gasteiger partial charge in [-0.25, -0.2) is 0 Å². The fourth-order valence-corrected chi connectivity index (χ4v) is 1.69. The van der Waals surface area contributed by atoms with Crippen LogP contribution >= 0.6 is 23.2 Å². The number of nitrogens with one attached hydrogen (secondary N) is 1. The fraction of sp³-hybridized carbons (Fsp3) is 0.333. The highest BCUT2D eigenvalue weighted by Gasteiger charge is 2.18. The predicted octanol–water partition coefficient (Wildman–Crippen LogP) is 2.51. The third-order valence-electron chi connectivity index (χ3n) is 2.03. The van der Waals surface area contributed by atoms with E-state index < -0.39 is 0 Å². The fourth-order valence-electron chi connectivity index (χ4n) is 1.20. The van der Waals surface area contributed by atoms with Crippen LogP contribution in [0.5, 0.6) is 5.75 Å². The number of rotatable bonds is 2. The van der Waals surface area contributed by atoms with Crippen LogP contribution in [0.15, 0.2) is 12.1 Å². The Bertz CT molecular complexity index is 330. The number of benzene rings is 1. The lowest BCUT2D eigenvalue weighted by Crippen LogP contribution is -2.40. The van der Waals surface area contributed by atoms with Gasteiger partial charge in [-0.3, -0.25) is 0 Å². The molecule has 1 aliphatic rings. The summed E-state index contributed by atoms with van der Waals surface area (Å²) in [4.78, 5) is 0. The maximum atomic E-state index is 9.32. The second-order valence-corrected chi connectivity index (χ2v) is 3.98. The summed E-state index contributed by atoms with van der Waals surface area (Å²) in [6.45, 7) is 1.38. The molecule has 0 unspecified atom stereocenters. The van der Waals surface area contributed by atoms with Crippen molar-refractivity contribution in [2.75, 3.05) is 18.5 Å². The van der Waals surface area contributed by atoms with Gasteiger partial charge in [-0.05, 0) is 12.1 Å². The molecule has 3 nitrogen and oxygen atoms in total. The lowest BCUT2D eigenvalue weighted by Gasteiger charge is -2.28. The van der Waals surface area contributed by atoms with Crippen molar-refractivity contribution in [3.05, 3.63) is 22.2 Å². The molecule has 1 fully saturated rings. The van der Waals surface area contributed by atoms with E-state index in [1.807, 2.05) is 0 Å². The van der Waals surface area contributed by atoms with Gasteiger partial charge < -0.3 is 15.2 Å². The molecule has 0 bridgehead atoms. The van der Waals surface area contributed by atoms with Crippen LogP contribution in [0.2, 0.25) is 10.0 Å². The van der Waals surface area contributed by atoms with E-state index in [2.05, 4.69) is 5.32 Å². The standard InChI is InChI=1S/C9H9Cl2NO2/c10-7-1-5(2-8(11)9(7)13)12-6-3-14-4-6/h1-2,6,12-13H,3-4H2. The van der Waals surface area contributed by atoms with Crippen molar-refractivity contribution < 1.29 is 9.84 Å². The van der Waals surface area contributed by atoms with Gasteiger partial charge in [0.25, 0.3) is 0 Å². The summed E-state index contributed by atoms with van der Waals surface area (Å²) >= 11 is 11.5. The second-order valence-electron chi connectivity index (χ2n) is 3.17. The first kappa shape index (κ1) is 9.90. The summed E-state index contributed by atoms with van der Waals surface area (Å²) in [6, 6.07) is 3.59. The van der Waals surface area contributed by atoms with Crippen LogP contribution in [0.25, 0.3) is 0 Å². The van der Waals surface area contributed by atoms with Gasteiger partial charge in [-0.15, -0.1) is 0 Å². The monoisotopic (exact) mass is 233 g/mol. The Hall–Kier alpha value is -0.640. The number of ether oxygens (including phenoxy) is 1. The lowest BCUT2D eigenvalue weighted by molar-refractivity contribution is 0.0211. The van der Waals surface area contributed by atoms with Crippen LogP contribution < -0.4 is 5.32 Å². The largest absolute Gasteiger partial charge is 0.505 e. The van der Waals surface area contributed by atoms with Crippen LogP contribution in [0.1, 0.15) is 0 Å². The topological polar surface area (TPSA) is 41.5 Å². The van der Waals surface area contributed by atoms with Gasteiger partial charge in [0.1, 0.15) is 0 Å². The van der Waals surface area contributed by atoms with E-state index >= 15 is 0 Å². The van der Waals surface area contributed by atoms with Gasteiger partial charge in [-0.2, -0.15) is 0 Å². The molecule has 0 amide bonds. The molecule has 76 valence electrons. The second kappa shape index (κ2) is 3.85. The summed E-state index contributed by atoms with van der Waals surface area (Å²) in [5.74, 6) is -0.0799. The Balaban J connectivity index is 2.17. The van der Waals surface area contributed by atoms with E-state index in [0.29, 0.717) is 19.3 Å². The third-order valence-corrected chi connectivity index (χ3v) is 2.60. The smallest absolute Gasteiger partial charge is 0.152 e. The summed E-state index contributed by atoms with van der Waals surface area (Å²) < 4.78 is 5.01. The highest BCUT2D eigenvalue weighted by atomic mass is 35.5. The van der Waals surface area contributed by atoms with Crippen molar-refractivity contribution in [1.29, 1.82) is 0 Å². The zero-order valence-corrected chi connectivity index (χ0v) is 8.77. The number of phenolic OH excluding ortho intramolecular Hbond substituents is 1. The third kappa shape index (κ3) is 1.90. The predicted molar refractivity (Wildman–Crippen MR) is 56.4 cm³/mol. The Morgan fingerprint density at radius 1 is 1.29 bits per heavy atom. The van der Waals surface area contributed by atoms with Gasteiger partial charge in [0, 0.05) is 5.69 Å². The molecule has 0 aromatic heterocycles. The zero-order chi connectivity index (χ0) is 10.1. The molecule has 0 spiro atoms. The molecular weight excluding hydrogens is 225 g/mol. The Morgan fingerprint density at radius 3 is 2.29 bits per heavy atom. The summed E-state index contributed by atoms with van der Waals surface area (Å²) in [5.41, 5.74) is 0.797. The first-order valence-electron chi connectivity index (χ1n) is 4.19. The van der Waals surface area contributed by atoms with Crippen molar-refractivity contribution in [3.8, 4) is 5.75 Å². The Labute approximate surface area is 91.6 Å². The van der Waals surface area contributed by atoms with Crippen molar-refractivity contribution in [2.45, 2.75) is 6.04 Å². The Morgan fingerprint density at radius 2 is 1.86 bits per heavy atom. The van der Waals surface area contributed by atoms with Crippen LogP contribution in [-0.2, 0) is 4.74 Å². The van der Waals surface area contributed by atoms with Crippen molar-refractivity contribution in [3.63, 3.8) is 0 Å². The van der Waals surface area contributed by atoms with E-state index in [1.165, 1.54) is 0 Å². The average molecular weight is 234 g/mol. The number of phenols is 1. The highest BCUT2D eigenvalue weighted by molar-refractivity contribution is 6.37. The molecule has 1 saturated heterocycles. The van der Waals surface area contributed by atoms with E-state index in [4.69, 9.17) is 27.9 Å². The summed E-state index contributed by atoms with van der Waals surface area (Å²) in [5, 5.41) is 13.0. The van der Waals surface area contributed by atoms with Crippen LogP contribution in [0.4, 0.5) is 5.69 Å². The minimum absolute atomic E-state index is 0.0799. The normalized spacial score (nSPS) is 16.4. The maximum absolute atomic E-state index is 9.32. The molecule has 0 saturated carbocycles. The molecule has 1 aliphatic heterocycles. The highest BCUT2D eigenvalue weighted by Crippen LogP contribution is 2.34. The lowest BCUT2D eigenvalue weighted by atomic mass is 10.2.